The molecule has 5 heteroatoms. The number of hydrogen-bond acceptors (Lipinski definition) is 5. The monoisotopic (exact) mass is 332 g/mol. The average Bonchev–Trinajstić information content (AvgIpc) is 2.79. The molecule has 0 amide bonds. The normalized spacial score (nSPS) is 31.9. The Morgan fingerprint density at radius 2 is 2.21 bits per heavy atom. The lowest BCUT2D eigenvalue weighted by atomic mass is 9.85. The minimum Gasteiger partial charge on any atom is -0.458 e. The van der Waals surface area contributed by atoms with E-state index in [0.717, 1.165) is 17.6 Å². The highest BCUT2D eigenvalue weighted by Crippen LogP contribution is 2.36. The van der Waals surface area contributed by atoms with Crippen LogP contribution < -0.4 is 0 Å². The molecule has 3 atom stereocenters. The molecular weight excluding hydrogens is 308 g/mol. The van der Waals surface area contributed by atoms with Gasteiger partial charge in [-0.2, -0.15) is 0 Å². The molecule has 5 nitrogen and oxygen atoms in total. The maximum atomic E-state index is 12.0. The first kappa shape index (κ1) is 18.2. The van der Waals surface area contributed by atoms with Crippen LogP contribution in [0.5, 0.6) is 0 Å². The van der Waals surface area contributed by atoms with Gasteiger partial charge in [-0.05, 0) is 38.3 Å². The van der Waals surface area contributed by atoms with E-state index >= 15 is 0 Å². The standard InChI is InChI=1S/C19H24O5/c1-11(2)18(21)23-15-8-12(3)6-5-7-14(10-20)9-16-17(15)13(4)19(22)24-16/h6,9,15-17,20H,1,4-5,7-8,10H2,2-3H3/b12-6-,14-9+/t15-,16+,17+/m0/s1. The van der Waals surface area contributed by atoms with Gasteiger partial charge in [-0.25, -0.2) is 9.59 Å². The van der Waals surface area contributed by atoms with E-state index in [1.165, 1.54) is 0 Å². The van der Waals surface area contributed by atoms with E-state index in [1.54, 1.807) is 13.0 Å². The third-order valence-electron chi connectivity index (χ3n) is 4.35. The van der Waals surface area contributed by atoms with Crippen molar-refractivity contribution in [1.82, 2.24) is 0 Å². The van der Waals surface area contributed by atoms with Crippen LogP contribution in [0.15, 0.2) is 47.6 Å². The van der Waals surface area contributed by atoms with E-state index in [0.29, 0.717) is 24.0 Å². The van der Waals surface area contributed by atoms with Gasteiger partial charge in [0.1, 0.15) is 12.2 Å². The number of aliphatic hydroxyl groups is 1. The molecule has 1 aliphatic carbocycles. The van der Waals surface area contributed by atoms with Crippen molar-refractivity contribution >= 4 is 11.9 Å². The molecule has 0 aromatic heterocycles. The summed E-state index contributed by atoms with van der Waals surface area (Å²) >= 11 is 0. The fourth-order valence-corrected chi connectivity index (χ4v) is 3.01. The molecule has 0 saturated carbocycles. The summed E-state index contributed by atoms with van der Waals surface area (Å²) in [5.41, 5.74) is 2.44. The van der Waals surface area contributed by atoms with Gasteiger partial charge in [-0.3, -0.25) is 0 Å². The molecule has 1 aliphatic heterocycles. The van der Waals surface area contributed by atoms with Gasteiger partial charge in [0, 0.05) is 17.6 Å². The van der Waals surface area contributed by atoms with Crippen LogP contribution in [0.3, 0.4) is 0 Å². The number of fused-ring (bicyclic) bond motifs is 1. The summed E-state index contributed by atoms with van der Waals surface area (Å²) in [6.07, 6.45) is 4.63. The van der Waals surface area contributed by atoms with Gasteiger partial charge in [-0.1, -0.05) is 24.8 Å². The Hall–Kier alpha value is -2.14. The van der Waals surface area contributed by atoms with Gasteiger partial charge in [0.2, 0.25) is 0 Å². The van der Waals surface area contributed by atoms with Crippen LogP contribution in [0.2, 0.25) is 0 Å². The Bertz CT molecular complexity index is 626. The predicted molar refractivity (Wildman–Crippen MR) is 90.0 cm³/mol. The van der Waals surface area contributed by atoms with Crippen LogP contribution in [0.25, 0.3) is 0 Å². The van der Waals surface area contributed by atoms with Gasteiger partial charge >= 0.3 is 11.9 Å². The Morgan fingerprint density at radius 3 is 2.83 bits per heavy atom. The first-order valence-electron chi connectivity index (χ1n) is 8.05. The molecule has 0 aromatic carbocycles. The van der Waals surface area contributed by atoms with E-state index in [4.69, 9.17) is 9.47 Å². The topological polar surface area (TPSA) is 72.8 Å². The molecule has 1 saturated heterocycles. The molecular formula is C19H24O5. The molecule has 0 radical (unpaired) electrons. The zero-order valence-corrected chi connectivity index (χ0v) is 14.2. The van der Waals surface area contributed by atoms with Crippen LogP contribution in [0.1, 0.15) is 33.1 Å². The van der Waals surface area contributed by atoms with Crippen molar-refractivity contribution in [3.8, 4) is 0 Å². The highest BCUT2D eigenvalue weighted by molar-refractivity contribution is 5.91. The highest BCUT2D eigenvalue weighted by atomic mass is 16.6. The second-order valence-electron chi connectivity index (χ2n) is 6.42. The Labute approximate surface area is 142 Å². The number of aliphatic hydroxyl groups excluding tert-OH is 1. The Morgan fingerprint density at radius 1 is 1.50 bits per heavy atom. The second kappa shape index (κ2) is 7.62. The summed E-state index contributed by atoms with van der Waals surface area (Å²) < 4.78 is 11.0. The lowest BCUT2D eigenvalue weighted by Crippen LogP contribution is -2.33. The van der Waals surface area contributed by atoms with Crippen molar-refractivity contribution in [2.24, 2.45) is 5.92 Å². The largest absolute Gasteiger partial charge is 0.458 e. The van der Waals surface area contributed by atoms with Crippen LogP contribution in [-0.2, 0) is 19.1 Å². The van der Waals surface area contributed by atoms with E-state index in [1.807, 2.05) is 6.92 Å². The second-order valence-corrected chi connectivity index (χ2v) is 6.42. The minimum atomic E-state index is -0.582. The molecule has 130 valence electrons. The number of hydrogen-bond donors (Lipinski definition) is 1. The quantitative estimate of drug-likeness (QED) is 0.489. The number of allylic oxidation sites excluding steroid dienone is 1. The molecule has 0 spiro atoms. The van der Waals surface area contributed by atoms with E-state index in [9.17, 15) is 14.7 Å². The maximum absolute atomic E-state index is 12.0. The van der Waals surface area contributed by atoms with Gasteiger partial charge < -0.3 is 14.6 Å². The molecule has 1 N–H and O–H groups in total. The van der Waals surface area contributed by atoms with Crippen LogP contribution in [0.4, 0.5) is 0 Å². The van der Waals surface area contributed by atoms with Crippen molar-refractivity contribution in [2.45, 2.75) is 45.3 Å². The number of carbonyl (C=O) groups excluding carboxylic acids is 2. The fraction of sp³-hybridized carbons (Fsp3) is 0.474. The molecule has 2 aliphatic rings. The first-order chi connectivity index (χ1) is 11.3. The van der Waals surface area contributed by atoms with Gasteiger partial charge in [0.25, 0.3) is 0 Å². The van der Waals surface area contributed by atoms with Gasteiger partial charge in [-0.15, -0.1) is 0 Å². The van der Waals surface area contributed by atoms with Crippen LogP contribution in [-0.4, -0.2) is 35.9 Å². The van der Waals surface area contributed by atoms with Crippen molar-refractivity contribution < 1.29 is 24.2 Å². The summed E-state index contributed by atoms with van der Waals surface area (Å²) in [4.78, 5) is 24.0. The van der Waals surface area contributed by atoms with Crippen LogP contribution in [0, 0.1) is 5.92 Å². The average molecular weight is 332 g/mol. The third kappa shape index (κ3) is 4.03. The molecule has 0 bridgehead atoms. The van der Waals surface area contributed by atoms with E-state index < -0.39 is 30.1 Å². The fourth-order valence-electron chi connectivity index (χ4n) is 3.01. The third-order valence-corrected chi connectivity index (χ3v) is 4.35. The Kier molecular flexibility index (Phi) is 5.78. The van der Waals surface area contributed by atoms with Crippen molar-refractivity contribution in [1.29, 1.82) is 0 Å². The lowest BCUT2D eigenvalue weighted by Gasteiger charge is -2.27. The summed E-state index contributed by atoms with van der Waals surface area (Å²) in [7, 11) is 0. The van der Waals surface area contributed by atoms with Crippen molar-refractivity contribution in [3.05, 3.63) is 47.6 Å². The number of esters is 2. The number of ether oxygens (including phenoxy) is 2. The predicted octanol–water partition coefficient (Wildman–Crippen LogP) is 2.62. The summed E-state index contributed by atoms with van der Waals surface area (Å²) in [5.74, 6) is -1.46. The SMILES string of the molecule is C=C(C)C(=O)O[C@H]1C/C(C)=C\CC/C(CO)=C\[C@H]2OC(=O)C(=C)[C@H]12. The summed E-state index contributed by atoms with van der Waals surface area (Å²) in [6, 6.07) is 0. The zero-order valence-electron chi connectivity index (χ0n) is 14.2. The first-order valence-corrected chi connectivity index (χ1v) is 8.05. The number of rotatable bonds is 3. The summed E-state index contributed by atoms with van der Waals surface area (Å²) in [6.45, 7) is 10.9. The molecule has 1 fully saturated rings. The molecule has 2 rings (SSSR count). The summed E-state index contributed by atoms with van der Waals surface area (Å²) in [5, 5.41) is 9.52. The highest BCUT2D eigenvalue weighted by Gasteiger charge is 2.44. The maximum Gasteiger partial charge on any atom is 0.334 e. The van der Waals surface area contributed by atoms with Gasteiger partial charge in [0.15, 0.2) is 0 Å². The van der Waals surface area contributed by atoms with E-state index in [2.05, 4.69) is 19.2 Å². The smallest absolute Gasteiger partial charge is 0.334 e. The molecule has 24 heavy (non-hydrogen) atoms. The van der Waals surface area contributed by atoms with Gasteiger partial charge in [0.05, 0.1) is 12.5 Å². The van der Waals surface area contributed by atoms with Crippen LogP contribution >= 0.6 is 0 Å². The Balaban J connectivity index is 2.41. The van der Waals surface area contributed by atoms with Crippen molar-refractivity contribution in [3.63, 3.8) is 0 Å². The molecule has 1 heterocycles. The zero-order chi connectivity index (χ0) is 17.9. The molecule has 0 unspecified atom stereocenters. The lowest BCUT2D eigenvalue weighted by molar-refractivity contribution is -0.147. The number of carbonyl (C=O) groups is 2. The minimum absolute atomic E-state index is 0.101. The molecule has 0 aromatic rings. The van der Waals surface area contributed by atoms with E-state index in [-0.39, 0.29) is 6.61 Å². The van der Waals surface area contributed by atoms with Crippen molar-refractivity contribution in [2.75, 3.05) is 6.61 Å².